The maximum absolute atomic E-state index is 14.2. The number of likely N-dealkylation sites (N-methyl/N-ethyl adjacent to an activating group) is 1. The Morgan fingerprint density at radius 1 is 0.865 bits per heavy atom. The zero-order valence-electron chi connectivity index (χ0n) is 29.1. The number of halogens is 4. The number of aromatic nitrogens is 4. The summed E-state index contributed by atoms with van der Waals surface area (Å²) in [5, 5.41) is 4.57. The van der Waals surface area contributed by atoms with Crippen LogP contribution in [-0.2, 0) is 37.1 Å². The van der Waals surface area contributed by atoms with Crippen molar-refractivity contribution in [2.24, 2.45) is 7.05 Å². The number of carbonyl (C=O) groups excluding carboxylic acids is 1. The Morgan fingerprint density at radius 3 is 2.10 bits per heavy atom. The first-order valence-electron chi connectivity index (χ1n) is 16.8. The fourth-order valence-electron chi connectivity index (χ4n) is 5.59. The van der Waals surface area contributed by atoms with Crippen molar-refractivity contribution < 1.29 is 27.1 Å². The van der Waals surface area contributed by atoms with Crippen LogP contribution in [0.1, 0.15) is 36.1 Å². The highest BCUT2D eigenvalue weighted by Crippen LogP contribution is 2.27. The van der Waals surface area contributed by atoms with Gasteiger partial charge in [0.05, 0.1) is 6.20 Å². The number of hydrogen-bond acceptors (Lipinski definition) is 7. The van der Waals surface area contributed by atoms with E-state index in [4.69, 9.17) is 0 Å². The fourth-order valence-corrected chi connectivity index (χ4v) is 6.51. The van der Waals surface area contributed by atoms with E-state index in [0.717, 1.165) is 35.3 Å². The van der Waals surface area contributed by atoms with E-state index in [9.17, 15) is 27.2 Å². The third kappa shape index (κ3) is 11.0. The molecule has 2 aromatic heterocycles. The van der Waals surface area contributed by atoms with Crippen LogP contribution in [0.25, 0.3) is 11.1 Å². The summed E-state index contributed by atoms with van der Waals surface area (Å²) in [5.74, 6) is -0.395. The molecule has 0 atom stereocenters. The van der Waals surface area contributed by atoms with E-state index in [1.807, 2.05) is 30.5 Å². The van der Waals surface area contributed by atoms with Gasteiger partial charge in [-0.25, -0.2) is 4.39 Å². The van der Waals surface area contributed by atoms with E-state index in [-0.39, 0.29) is 24.0 Å². The predicted molar refractivity (Wildman–Crippen MR) is 192 cm³/mol. The molecule has 3 aromatic carbocycles. The molecule has 14 heteroatoms. The molecular weight excluding hydrogens is 697 g/mol. The molecule has 0 saturated heterocycles. The van der Waals surface area contributed by atoms with Gasteiger partial charge >= 0.3 is 6.36 Å². The molecule has 5 rings (SSSR count). The van der Waals surface area contributed by atoms with Gasteiger partial charge in [-0.3, -0.25) is 14.3 Å². The standard InChI is InChI=1S/C38H40F4N6O3S/c1-4-46(5-2)18-19-47(23-27-6-10-30(11-7-27)31-12-16-34(17-13-31)51-38(40,41)42)35(49)25-48-24-32(20-29-21-43-45(3)22-29)36(50)44-37(48)52-26-28-8-14-33(39)15-9-28/h6-17,21-22,24H,4-5,18-20,23,25-26H2,1-3H3. The number of ether oxygens (including phenoxy) is 1. The van der Waals surface area contributed by atoms with E-state index in [1.165, 1.54) is 36.0 Å². The van der Waals surface area contributed by atoms with Crippen LogP contribution >= 0.6 is 11.8 Å². The Labute approximate surface area is 303 Å². The molecule has 9 nitrogen and oxygen atoms in total. The number of hydrogen-bond donors (Lipinski definition) is 0. The molecule has 2 heterocycles. The van der Waals surface area contributed by atoms with Crippen LogP contribution in [0, 0.1) is 5.82 Å². The molecule has 0 aliphatic heterocycles. The molecule has 0 radical (unpaired) electrons. The van der Waals surface area contributed by atoms with Gasteiger partial charge in [0.2, 0.25) is 5.91 Å². The maximum Gasteiger partial charge on any atom is 0.573 e. The number of amides is 1. The van der Waals surface area contributed by atoms with E-state index in [1.54, 1.807) is 57.9 Å². The zero-order valence-corrected chi connectivity index (χ0v) is 30.0. The highest BCUT2D eigenvalue weighted by Gasteiger charge is 2.31. The van der Waals surface area contributed by atoms with Crippen LogP contribution in [0.5, 0.6) is 5.75 Å². The smallest absolute Gasteiger partial charge is 0.406 e. The zero-order chi connectivity index (χ0) is 37.3. The second-order valence-corrected chi connectivity index (χ2v) is 13.1. The molecule has 0 saturated carbocycles. The van der Waals surface area contributed by atoms with Gasteiger partial charge in [0, 0.05) is 56.8 Å². The second-order valence-electron chi connectivity index (χ2n) is 12.2. The Bertz CT molecular complexity index is 1980. The average molecular weight is 737 g/mol. The van der Waals surface area contributed by atoms with E-state index < -0.39 is 11.9 Å². The first-order chi connectivity index (χ1) is 24.9. The largest absolute Gasteiger partial charge is 0.573 e. The lowest BCUT2D eigenvalue weighted by Crippen LogP contribution is -2.40. The number of benzene rings is 3. The first-order valence-corrected chi connectivity index (χ1v) is 17.8. The van der Waals surface area contributed by atoms with Crippen LogP contribution in [0.4, 0.5) is 17.6 Å². The molecule has 0 fully saturated rings. The van der Waals surface area contributed by atoms with E-state index >= 15 is 0 Å². The Morgan fingerprint density at radius 2 is 1.50 bits per heavy atom. The number of carbonyl (C=O) groups is 1. The minimum Gasteiger partial charge on any atom is -0.406 e. The normalized spacial score (nSPS) is 11.6. The van der Waals surface area contributed by atoms with Crippen molar-refractivity contribution in [1.82, 2.24) is 29.1 Å². The summed E-state index contributed by atoms with van der Waals surface area (Å²) in [6, 6.07) is 19.3. The summed E-state index contributed by atoms with van der Waals surface area (Å²) in [6.45, 7) is 7.14. The molecule has 5 aromatic rings. The second kappa shape index (κ2) is 17.5. The summed E-state index contributed by atoms with van der Waals surface area (Å²) >= 11 is 1.30. The molecule has 0 aliphatic carbocycles. The highest BCUT2D eigenvalue weighted by molar-refractivity contribution is 7.98. The fraction of sp³-hybridized carbons (Fsp3) is 0.316. The molecule has 1 amide bonds. The van der Waals surface area contributed by atoms with Crippen LogP contribution in [-0.4, -0.2) is 67.6 Å². The molecule has 274 valence electrons. The lowest BCUT2D eigenvalue weighted by atomic mass is 10.0. The molecular formula is C38H40F4N6O3S. The predicted octanol–water partition coefficient (Wildman–Crippen LogP) is 6.94. The molecule has 52 heavy (non-hydrogen) atoms. The topological polar surface area (TPSA) is 85.5 Å². The summed E-state index contributed by atoms with van der Waals surface area (Å²) in [6.07, 6.45) is 0.731. The van der Waals surface area contributed by atoms with Crippen molar-refractivity contribution in [3.8, 4) is 16.9 Å². The minimum atomic E-state index is -4.77. The first kappa shape index (κ1) is 38.3. The monoisotopic (exact) mass is 736 g/mol. The van der Waals surface area contributed by atoms with Crippen molar-refractivity contribution in [3.05, 3.63) is 130 Å². The van der Waals surface area contributed by atoms with Gasteiger partial charge in [0.25, 0.3) is 5.56 Å². The van der Waals surface area contributed by atoms with Crippen molar-refractivity contribution in [2.45, 2.75) is 50.6 Å². The summed E-state index contributed by atoms with van der Waals surface area (Å²) in [5.41, 5.74) is 4.09. The quantitative estimate of drug-likeness (QED) is 0.0617. The van der Waals surface area contributed by atoms with Crippen molar-refractivity contribution in [3.63, 3.8) is 0 Å². The lowest BCUT2D eigenvalue weighted by molar-refractivity contribution is -0.274. The molecule has 0 spiro atoms. The van der Waals surface area contributed by atoms with Gasteiger partial charge in [0.1, 0.15) is 18.1 Å². The average Bonchev–Trinajstić information content (AvgIpc) is 3.53. The molecule has 0 N–H and O–H groups in total. The molecule has 0 unspecified atom stereocenters. The number of alkyl halides is 3. The van der Waals surface area contributed by atoms with Crippen LogP contribution in [0.3, 0.4) is 0 Å². The van der Waals surface area contributed by atoms with E-state index in [0.29, 0.717) is 48.1 Å². The van der Waals surface area contributed by atoms with Crippen LogP contribution in [0.15, 0.2) is 101 Å². The number of rotatable bonds is 16. The van der Waals surface area contributed by atoms with Gasteiger partial charge in [-0.2, -0.15) is 10.1 Å². The third-order valence-corrected chi connectivity index (χ3v) is 9.51. The van der Waals surface area contributed by atoms with Crippen molar-refractivity contribution in [2.75, 3.05) is 26.2 Å². The van der Waals surface area contributed by atoms with Crippen LogP contribution in [0.2, 0.25) is 0 Å². The highest BCUT2D eigenvalue weighted by atomic mass is 32.2. The number of nitrogens with zero attached hydrogens (tertiary/aromatic N) is 6. The summed E-state index contributed by atoms with van der Waals surface area (Å²) in [4.78, 5) is 35.8. The summed E-state index contributed by atoms with van der Waals surface area (Å²) in [7, 11) is 1.79. The molecule has 0 bridgehead atoms. The third-order valence-electron chi connectivity index (χ3n) is 8.45. The number of thioether (sulfide) groups is 1. The Kier molecular flexibility index (Phi) is 12.9. The summed E-state index contributed by atoms with van der Waals surface area (Å²) < 4.78 is 58.7. The molecule has 0 aliphatic rings. The van der Waals surface area contributed by atoms with Gasteiger partial charge < -0.3 is 19.1 Å². The lowest BCUT2D eigenvalue weighted by Gasteiger charge is -2.27. The van der Waals surface area contributed by atoms with Gasteiger partial charge in [-0.15, -0.1) is 13.2 Å². The maximum atomic E-state index is 14.2. The van der Waals surface area contributed by atoms with Gasteiger partial charge in [0.15, 0.2) is 5.16 Å². The SMILES string of the molecule is CCN(CC)CCN(Cc1ccc(-c2ccc(OC(F)(F)F)cc2)cc1)C(=O)Cn1cc(Cc2cnn(C)c2)c(=O)nc1SCc1ccc(F)cc1. The number of aryl methyl sites for hydroxylation is 1. The van der Waals surface area contributed by atoms with Gasteiger partial charge in [-0.1, -0.05) is 74.1 Å². The van der Waals surface area contributed by atoms with Crippen molar-refractivity contribution >= 4 is 17.7 Å². The van der Waals surface area contributed by atoms with E-state index in [2.05, 4.69) is 33.6 Å². The Balaban J connectivity index is 1.38. The van der Waals surface area contributed by atoms with Crippen LogP contribution < -0.4 is 10.3 Å². The minimum absolute atomic E-state index is 0.0677. The van der Waals surface area contributed by atoms with Gasteiger partial charge in [-0.05, 0) is 65.2 Å². The Hall–Kier alpha value is -4.95. The van der Waals surface area contributed by atoms with Crippen molar-refractivity contribution in [1.29, 1.82) is 0 Å².